The van der Waals surface area contributed by atoms with E-state index in [2.05, 4.69) is 13.8 Å². The molecule has 0 aromatic carbocycles. The van der Waals surface area contributed by atoms with Crippen molar-refractivity contribution in [3.05, 3.63) is 0 Å². The maximum absolute atomic E-state index is 11.7. The number of carbonyl (C=O) groups excluding carboxylic acids is 3. The van der Waals surface area contributed by atoms with Crippen LogP contribution in [-0.4, -0.2) is 46.1 Å². The van der Waals surface area contributed by atoms with E-state index in [9.17, 15) is 9.59 Å². The molecule has 0 saturated heterocycles. The van der Waals surface area contributed by atoms with Crippen molar-refractivity contribution in [1.29, 1.82) is 0 Å². The molecule has 0 N–H and O–H groups in total. The Morgan fingerprint density at radius 3 is 1.19 bits per heavy atom. The molecule has 0 aliphatic carbocycles. The second-order valence-corrected chi connectivity index (χ2v) is 7.94. The molecular weight excluding hydrogens is 367 g/mol. The normalized spacial score (nSPS) is 9.74. The van der Waals surface area contributed by atoms with Crippen molar-refractivity contribution < 1.29 is 14.4 Å². The first kappa shape index (κ1) is 32.0. The fraction of sp³-hybridized carbons (Fsp3) is 0.864. The molecule has 0 saturated carbocycles. The molecule has 0 unspecified atom stereocenters. The number of hydrogen-bond donors (Lipinski definition) is 0. The Morgan fingerprint density at radius 1 is 0.630 bits per heavy atom. The molecule has 0 heterocycles. The molecule has 0 spiro atoms. The van der Waals surface area contributed by atoms with E-state index in [1.807, 2.05) is 0 Å². The number of hydrogen-bond acceptors (Lipinski definition) is 4. The third-order valence-corrected chi connectivity index (χ3v) is 5.06. The Balaban J connectivity index is -0.00000134. The van der Waals surface area contributed by atoms with Crippen LogP contribution in [0.25, 0.3) is 0 Å². The molecule has 0 fully saturated rings. The Bertz CT molecular complexity index is 308. The predicted octanol–water partition coefficient (Wildman–Crippen LogP) is 6.61. The molecule has 0 aliphatic rings. The molecule has 0 radical (unpaired) electrons. The van der Waals surface area contributed by atoms with E-state index in [4.69, 9.17) is 4.79 Å². The van der Waals surface area contributed by atoms with E-state index in [-0.39, 0.29) is 39.8 Å². The van der Waals surface area contributed by atoms with Crippen molar-refractivity contribution in [2.45, 2.75) is 124 Å². The van der Waals surface area contributed by atoms with E-state index >= 15 is 0 Å². The third kappa shape index (κ3) is 31.3. The molecule has 0 aliphatic heterocycles. The van der Waals surface area contributed by atoms with Gasteiger partial charge in [-0.15, -0.1) is 0 Å². The van der Waals surface area contributed by atoms with E-state index in [1.54, 1.807) is 0 Å². The monoisotopic (exact) mass is 410 g/mol. The zero-order valence-corrected chi connectivity index (χ0v) is 18.3. The van der Waals surface area contributed by atoms with Crippen LogP contribution < -0.4 is 0 Å². The van der Waals surface area contributed by atoms with E-state index in [0.29, 0.717) is 12.8 Å². The van der Waals surface area contributed by atoms with Gasteiger partial charge in [0.25, 0.3) is 0 Å². The summed E-state index contributed by atoms with van der Waals surface area (Å²) in [6, 6.07) is 0. The van der Waals surface area contributed by atoms with Crippen molar-refractivity contribution in [1.82, 2.24) is 0 Å². The van der Waals surface area contributed by atoms with Crippen LogP contribution in [0.15, 0.2) is 0 Å². The van der Waals surface area contributed by atoms with Gasteiger partial charge in [0.2, 0.25) is 0 Å². The number of carbonyl (C=O) groups is 3. The molecule has 0 amide bonds. The second-order valence-electron chi connectivity index (χ2n) is 6.82. The summed E-state index contributed by atoms with van der Waals surface area (Å²) in [4.78, 5) is 32.3. The van der Waals surface area contributed by atoms with Gasteiger partial charge in [-0.05, 0) is 31.5 Å². The second kappa shape index (κ2) is 28.6. The summed E-state index contributed by atoms with van der Waals surface area (Å²) in [5.41, 5.74) is 0. The van der Waals surface area contributed by atoms with Gasteiger partial charge in [-0.1, -0.05) is 90.9 Å². The van der Waals surface area contributed by atoms with E-state index < -0.39 is 0 Å². The zero-order chi connectivity index (χ0) is 19.9. The Morgan fingerprint density at radius 2 is 0.889 bits per heavy atom. The zero-order valence-electron chi connectivity index (χ0n) is 17.5. The van der Waals surface area contributed by atoms with Crippen LogP contribution in [0.2, 0.25) is 0 Å². The SMILES string of the molecule is CC=O.CCCCCCCCCC(=O)SC(=O)CCCCCCCCC.[NaH]. The standard InChI is InChI=1S/C20H38O2S.C2H4O.Na.H/c1-3-5-7-9-11-13-15-17-19(21)23-20(22)18-16-14-12-10-8-6-4-2;1-2-3;;/h3-18H2,1-2H3;2H,1H3;;. The van der Waals surface area contributed by atoms with Crippen LogP contribution >= 0.6 is 11.8 Å². The van der Waals surface area contributed by atoms with Crippen molar-refractivity contribution >= 4 is 57.8 Å². The number of rotatable bonds is 16. The van der Waals surface area contributed by atoms with Crippen LogP contribution in [-0.2, 0) is 14.4 Å². The molecule has 0 aromatic heterocycles. The maximum atomic E-state index is 11.7. The molecule has 5 heteroatoms. The summed E-state index contributed by atoms with van der Waals surface area (Å²) in [7, 11) is 0. The average molecular weight is 411 g/mol. The van der Waals surface area contributed by atoms with Crippen LogP contribution in [0.5, 0.6) is 0 Å². The Hall–Kier alpha value is 0.360. The van der Waals surface area contributed by atoms with Crippen molar-refractivity contribution in [2.24, 2.45) is 0 Å². The first-order valence-corrected chi connectivity index (χ1v) is 11.6. The molecule has 3 nitrogen and oxygen atoms in total. The van der Waals surface area contributed by atoms with Crippen LogP contribution in [0, 0.1) is 0 Å². The van der Waals surface area contributed by atoms with Gasteiger partial charge in [-0.3, -0.25) is 9.59 Å². The van der Waals surface area contributed by atoms with Crippen LogP contribution in [0.3, 0.4) is 0 Å². The Labute approximate surface area is 194 Å². The molecular formula is C22H43NaO3S. The fourth-order valence-corrected chi connectivity index (χ4v) is 3.43. The first-order valence-electron chi connectivity index (χ1n) is 10.8. The minimum absolute atomic E-state index is 0. The molecule has 156 valence electrons. The molecule has 0 rings (SSSR count). The van der Waals surface area contributed by atoms with Gasteiger partial charge >= 0.3 is 29.6 Å². The molecule has 27 heavy (non-hydrogen) atoms. The molecule has 0 bridgehead atoms. The van der Waals surface area contributed by atoms with Gasteiger partial charge in [-0.2, -0.15) is 0 Å². The minimum atomic E-state index is 0. The summed E-state index contributed by atoms with van der Waals surface area (Å²) in [5, 5.41) is 0.151. The predicted molar refractivity (Wildman–Crippen MR) is 122 cm³/mol. The summed E-state index contributed by atoms with van der Waals surface area (Å²) >= 11 is 0.966. The summed E-state index contributed by atoms with van der Waals surface area (Å²) in [6.07, 6.45) is 18.9. The van der Waals surface area contributed by atoms with Gasteiger partial charge in [-0.25, -0.2) is 0 Å². The van der Waals surface area contributed by atoms with Gasteiger partial charge in [0.15, 0.2) is 10.2 Å². The topological polar surface area (TPSA) is 51.2 Å². The molecule has 0 atom stereocenters. The van der Waals surface area contributed by atoms with Gasteiger partial charge in [0, 0.05) is 12.8 Å². The quantitative estimate of drug-likeness (QED) is 0.163. The van der Waals surface area contributed by atoms with Gasteiger partial charge in [0.1, 0.15) is 6.29 Å². The number of unbranched alkanes of at least 4 members (excludes halogenated alkanes) is 12. The van der Waals surface area contributed by atoms with Crippen molar-refractivity contribution in [3.8, 4) is 0 Å². The van der Waals surface area contributed by atoms with Crippen LogP contribution in [0.4, 0.5) is 0 Å². The molecule has 0 aromatic rings. The number of aldehydes is 1. The fourth-order valence-electron chi connectivity index (χ4n) is 2.68. The van der Waals surface area contributed by atoms with Crippen molar-refractivity contribution in [2.75, 3.05) is 0 Å². The van der Waals surface area contributed by atoms with Gasteiger partial charge < -0.3 is 4.79 Å². The average Bonchev–Trinajstić information content (AvgIpc) is 2.61. The Kier molecular flexibility index (Phi) is 33.9. The summed E-state index contributed by atoms with van der Waals surface area (Å²) < 4.78 is 0. The summed E-state index contributed by atoms with van der Waals surface area (Å²) in [6.45, 7) is 5.89. The number of thioether (sulfide) groups is 1. The summed E-state index contributed by atoms with van der Waals surface area (Å²) in [5.74, 6) is 0. The van der Waals surface area contributed by atoms with Crippen LogP contribution in [0.1, 0.15) is 124 Å². The van der Waals surface area contributed by atoms with E-state index in [1.165, 1.54) is 71.1 Å². The van der Waals surface area contributed by atoms with E-state index in [0.717, 1.165) is 43.7 Å². The first-order chi connectivity index (χ1) is 12.6. The van der Waals surface area contributed by atoms with Crippen molar-refractivity contribution in [3.63, 3.8) is 0 Å². The van der Waals surface area contributed by atoms with Gasteiger partial charge in [0.05, 0.1) is 0 Å². The third-order valence-electron chi connectivity index (χ3n) is 4.20.